The summed E-state index contributed by atoms with van der Waals surface area (Å²) in [6.07, 6.45) is -0.0926. The molecule has 0 spiro atoms. The van der Waals surface area contributed by atoms with E-state index >= 15 is 0 Å². The number of rotatable bonds is 9. The van der Waals surface area contributed by atoms with E-state index in [0.717, 1.165) is 26.3 Å². The summed E-state index contributed by atoms with van der Waals surface area (Å²) in [5.41, 5.74) is -0.103. The summed E-state index contributed by atoms with van der Waals surface area (Å²) in [4.78, 5) is 4.24. The molecule has 0 fully saturated rings. The van der Waals surface area contributed by atoms with Crippen LogP contribution in [0.2, 0.25) is 0 Å². The second-order valence-electron chi connectivity index (χ2n) is 6.47. The predicted molar refractivity (Wildman–Crippen MR) is 89.9 cm³/mol. The van der Waals surface area contributed by atoms with Crippen molar-refractivity contribution in [1.82, 2.24) is 9.80 Å². The van der Waals surface area contributed by atoms with Gasteiger partial charge < -0.3 is 24.0 Å². The highest BCUT2D eigenvalue weighted by molar-refractivity contribution is 4.58. The van der Waals surface area contributed by atoms with Crippen molar-refractivity contribution in [3.8, 4) is 0 Å². The Bertz CT molecular complexity index is 206. The van der Waals surface area contributed by atoms with Crippen LogP contribution in [0.3, 0.4) is 0 Å². The molecule has 21 heavy (non-hydrogen) atoms. The molecule has 130 valence electrons. The molecular weight excluding hydrogens is 268 g/mol. The summed E-state index contributed by atoms with van der Waals surface area (Å²) < 4.78 is 16.0. The summed E-state index contributed by atoms with van der Waals surface area (Å²) in [5, 5.41) is 0. The van der Waals surface area contributed by atoms with Gasteiger partial charge in [-0.05, 0) is 62.8 Å². The van der Waals surface area contributed by atoms with Crippen molar-refractivity contribution < 1.29 is 14.2 Å². The average molecular weight is 306 g/mol. The number of hydrogen-bond acceptors (Lipinski definition) is 5. The Hall–Kier alpha value is -0.200. The lowest BCUT2D eigenvalue weighted by Crippen LogP contribution is -2.27. The zero-order chi connectivity index (χ0) is 16.9. The molecule has 0 aromatic heterocycles. The quantitative estimate of drug-likeness (QED) is 0.482. The molecule has 0 N–H and O–H groups in total. The SMILES string of the molecule is CCOC(C)OC(C)(C)C.CN(C)CCOCCN(C)C. The highest BCUT2D eigenvalue weighted by atomic mass is 16.7. The Morgan fingerprint density at radius 2 is 1.33 bits per heavy atom. The minimum Gasteiger partial charge on any atom is -0.379 e. The first-order chi connectivity index (χ1) is 9.58. The molecule has 0 heterocycles. The smallest absolute Gasteiger partial charge is 0.155 e. The zero-order valence-electron chi connectivity index (χ0n) is 15.7. The van der Waals surface area contributed by atoms with Gasteiger partial charge in [0.2, 0.25) is 0 Å². The summed E-state index contributed by atoms with van der Waals surface area (Å²) in [7, 11) is 8.20. The molecule has 0 bridgehead atoms. The van der Waals surface area contributed by atoms with Crippen LogP contribution in [0.5, 0.6) is 0 Å². The van der Waals surface area contributed by atoms with E-state index < -0.39 is 0 Å². The lowest BCUT2D eigenvalue weighted by Gasteiger charge is -2.24. The van der Waals surface area contributed by atoms with Crippen molar-refractivity contribution in [2.24, 2.45) is 0 Å². The average Bonchev–Trinajstić information content (AvgIpc) is 2.26. The van der Waals surface area contributed by atoms with E-state index in [4.69, 9.17) is 14.2 Å². The van der Waals surface area contributed by atoms with Crippen LogP contribution in [0.25, 0.3) is 0 Å². The lowest BCUT2D eigenvalue weighted by molar-refractivity contribution is -0.182. The standard InChI is InChI=1S/C8H20N2O.C8H18O2/c1-9(2)5-7-11-8-6-10(3)4;1-6-9-7(2)10-8(3,4)5/h5-8H2,1-4H3;7H,6H2,1-5H3. The molecule has 0 aliphatic rings. The fourth-order valence-corrected chi connectivity index (χ4v) is 1.36. The third kappa shape index (κ3) is 25.1. The molecule has 1 unspecified atom stereocenters. The first-order valence-electron chi connectivity index (χ1n) is 7.75. The summed E-state index contributed by atoms with van der Waals surface area (Å²) in [6.45, 7) is 14.3. The summed E-state index contributed by atoms with van der Waals surface area (Å²) >= 11 is 0. The van der Waals surface area contributed by atoms with Crippen LogP contribution in [0.15, 0.2) is 0 Å². The van der Waals surface area contributed by atoms with Gasteiger partial charge in [-0.2, -0.15) is 0 Å². The maximum atomic E-state index is 5.46. The highest BCUT2D eigenvalue weighted by Crippen LogP contribution is 2.10. The maximum absolute atomic E-state index is 5.46. The highest BCUT2D eigenvalue weighted by Gasteiger charge is 2.14. The zero-order valence-corrected chi connectivity index (χ0v) is 15.7. The number of likely N-dealkylation sites (N-methyl/N-ethyl adjacent to an activating group) is 2. The Balaban J connectivity index is 0. The molecule has 0 rings (SSSR count). The first-order valence-corrected chi connectivity index (χ1v) is 7.75. The minimum absolute atomic E-state index is 0.0926. The lowest BCUT2D eigenvalue weighted by atomic mass is 10.2. The van der Waals surface area contributed by atoms with Gasteiger partial charge in [0.1, 0.15) is 0 Å². The van der Waals surface area contributed by atoms with E-state index in [2.05, 4.69) is 38.0 Å². The Labute approximate surface area is 132 Å². The van der Waals surface area contributed by atoms with Gasteiger partial charge >= 0.3 is 0 Å². The Morgan fingerprint density at radius 3 is 1.62 bits per heavy atom. The van der Waals surface area contributed by atoms with Crippen LogP contribution >= 0.6 is 0 Å². The van der Waals surface area contributed by atoms with Gasteiger partial charge in [0.05, 0.1) is 18.8 Å². The van der Waals surface area contributed by atoms with Crippen LogP contribution < -0.4 is 0 Å². The third-order valence-corrected chi connectivity index (χ3v) is 2.29. The molecule has 0 aliphatic heterocycles. The van der Waals surface area contributed by atoms with Crippen LogP contribution in [0.1, 0.15) is 34.6 Å². The molecule has 5 heteroatoms. The Morgan fingerprint density at radius 1 is 0.905 bits per heavy atom. The Kier molecular flexibility index (Phi) is 14.8. The largest absolute Gasteiger partial charge is 0.379 e. The van der Waals surface area contributed by atoms with Gasteiger partial charge in [-0.1, -0.05) is 0 Å². The van der Waals surface area contributed by atoms with E-state index in [0.29, 0.717) is 6.61 Å². The van der Waals surface area contributed by atoms with Crippen molar-refractivity contribution in [2.75, 3.05) is 61.1 Å². The molecule has 0 amide bonds. The fraction of sp³-hybridized carbons (Fsp3) is 1.00. The van der Waals surface area contributed by atoms with Gasteiger partial charge in [-0.25, -0.2) is 0 Å². The predicted octanol–water partition coefficient (Wildman–Crippen LogP) is 2.31. The van der Waals surface area contributed by atoms with Gasteiger partial charge in [-0.15, -0.1) is 0 Å². The number of hydrogen-bond donors (Lipinski definition) is 0. The minimum atomic E-state index is -0.103. The van der Waals surface area contributed by atoms with Crippen LogP contribution in [0.4, 0.5) is 0 Å². The van der Waals surface area contributed by atoms with Crippen LogP contribution in [-0.2, 0) is 14.2 Å². The van der Waals surface area contributed by atoms with Crippen LogP contribution in [-0.4, -0.2) is 82.8 Å². The number of nitrogens with zero attached hydrogens (tertiary/aromatic N) is 2. The maximum Gasteiger partial charge on any atom is 0.155 e. The van der Waals surface area contributed by atoms with Crippen molar-refractivity contribution in [2.45, 2.75) is 46.5 Å². The van der Waals surface area contributed by atoms with Gasteiger partial charge in [0, 0.05) is 19.7 Å². The molecule has 1 atom stereocenters. The summed E-state index contributed by atoms with van der Waals surface area (Å²) in [5.74, 6) is 0. The van der Waals surface area contributed by atoms with Crippen molar-refractivity contribution in [1.29, 1.82) is 0 Å². The molecule has 0 radical (unpaired) electrons. The molecule has 0 aliphatic carbocycles. The molecular formula is C16H38N2O3. The molecule has 0 saturated heterocycles. The molecule has 0 aromatic carbocycles. The van der Waals surface area contributed by atoms with E-state index in [9.17, 15) is 0 Å². The van der Waals surface area contributed by atoms with Crippen molar-refractivity contribution in [3.63, 3.8) is 0 Å². The van der Waals surface area contributed by atoms with E-state index in [1.807, 2.05) is 34.6 Å². The van der Waals surface area contributed by atoms with E-state index in [1.54, 1.807) is 0 Å². The monoisotopic (exact) mass is 306 g/mol. The normalized spacial score (nSPS) is 13.3. The van der Waals surface area contributed by atoms with Gasteiger partial charge in [-0.3, -0.25) is 0 Å². The molecule has 5 nitrogen and oxygen atoms in total. The molecule has 0 saturated carbocycles. The second kappa shape index (κ2) is 13.5. The summed E-state index contributed by atoms with van der Waals surface area (Å²) in [6, 6.07) is 0. The van der Waals surface area contributed by atoms with Gasteiger partial charge in [0.25, 0.3) is 0 Å². The fourth-order valence-electron chi connectivity index (χ4n) is 1.36. The van der Waals surface area contributed by atoms with E-state index in [1.165, 1.54) is 0 Å². The van der Waals surface area contributed by atoms with Crippen molar-refractivity contribution >= 4 is 0 Å². The van der Waals surface area contributed by atoms with Gasteiger partial charge in [0.15, 0.2) is 6.29 Å². The molecule has 0 aromatic rings. The second-order valence-corrected chi connectivity index (χ2v) is 6.47. The van der Waals surface area contributed by atoms with Crippen molar-refractivity contribution in [3.05, 3.63) is 0 Å². The third-order valence-electron chi connectivity index (χ3n) is 2.29. The number of ether oxygens (including phenoxy) is 3. The van der Waals surface area contributed by atoms with E-state index in [-0.39, 0.29) is 11.9 Å². The van der Waals surface area contributed by atoms with Crippen LogP contribution in [0, 0.1) is 0 Å². The first kappa shape index (κ1) is 23.1. The topological polar surface area (TPSA) is 34.2 Å².